The maximum Gasteiger partial charge on any atom is 0.247 e. The van der Waals surface area contributed by atoms with Crippen LogP contribution in [0.3, 0.4) is 0 Å². The van der Waals surface area contributed by atoms with Gasteiger partial charge in [-0.15, -0.1) is 0 Å². The van der Waals surface area contributed by atoms with Crippen molar-refractivity contribution in [3.63, 3.8) is 0 Å². The van der Waals surface area contributed by atoms with Gasteiger partial charge in [0.05, 0.1) is 26.2 Å². The Hall–Kier alpha value is -2.98. The lowest BCUT2D eigenvalue weighted by molar-refractivity contribution is -0.123. The number of ether oxygens (including phenoxy) is 3. The summed E-state index contributed by atoms with van der Waals surface area (Å²) >= 11 is 0. The number of piperidine rings is 1. The monoisotopic (exact) mass is 533 g/mol. The summed E-state index contributed by atoms with van der Waals surface area (Å²) in [5.41, 5.74) is 0.713. The third-order valence-corrected chi connectivity index (χ3v) is 8.08. The van der Waals surface area contributed by atoms with Gasteiger partial charge in [-0.25, -0.2) is 8.42 Å². The Morgan fingerprint density at radius 1 is 1.03 bits per heavy atom. The molecule has 0 unspecified atom stereocenters. The standard InChI is InChI=1S/C27H39N3O6S/c1-18-9-8-14-30(17-18)37(32,33)21-12-10-20(11-13-21)28-24(26(31)29-27(2,3)4)19-15-22(34-5)25(36-7)23(16-19)35-6/h10-13,15-16,18,24,28H,8-9,14,17H2,1-7H3,(H,29,31)/t18-,24-/m0/s1. The molecule has 2 atom stereocenters. The smallest absolute Gasteiger partial charge is 0.247 e. The number of carbonyl (C=O) groups is 1. The highest BCUT2D eigenvalue weighted by Gasteiger charge is 2.30. The van der Waals surface area contributed by atoms with E-state index in [2.05, 4.69) is 17.6 Å². The number of rotatable bonds is 9. The van der Waals surface area contributed by atoms with Gasteiger partial charge in [0.25, 0.3) is 0 Å². The molecule has 1 saturated heterocycles. The molecule has 0 aliphatic carbocycles. The van der Waals surface area contributed by atoms with Gasteiger partial charge in [-0.05, 0) is 81.5 Å². The Labute approximate surface area is 220 Å². The number of amides is 1. The second-order valence-corrected chi connectivity index (χ2v) is 12.3. The lowest BCUT2D eigenvalue weighted by Crippen LogP contribution is -2.44. The molecule has 1 aliphatic heterocycles. The summed E-state index contributed by atoms with van der Waals surface area (Å²) in [5, 5.41) is 6.26. The van der Waals surface area contributed by atoms with E-state index >= 15 is 0 Å². The van der Waals surface area contributed by atoms with Crippen molar-refractivity contribution < 1.29 is 27.4 Å². The van der Waals surface area contributed by atoms with Gasteiger partial charge in [0.15, 0.2) is 11.5 Å². The van der Waals surface area contributed by atoms with Crippen molar-refractivity contribution in [2.75, 3.05) is 39.7 Å². The fraction of sp³-hybridized carbons (Fsp3) is 0.519. The van der Waals surface area contributed by atoms with Gasteiger partial charge >= 0.3 is 0 Å². The first-order valence-corrected chi connectivity index (χ1v) is 13.8. The van der Waals surface area contributed by atoms with Gasteiger partial charge in [0, 0.05) is 24.3 Å². The van der Waals surface area contributed by atoms with E-state index in [0.717, 1.165) is 12.8 Å². The van der Waals surface area contributed by atoms with E-state index in [1.54, 1.807) is 40.7 Å². The molecular formula is C27H39N3O6S. The van der Waals surface area contributed by atoms with Crippen molar-refractivity contribution in [2.24, 2.45) is 5.92 Å². The largest absolute Gasteiger partial charge is 0.493 e. The van der Waals surface area contributed by atoms with Crippen LogP contribution in [0.5, 0.6) is 17.2 Å². The van der Waals surface area contributed by atoms with Gasteiger partial charge in [0.2, 0.25) is 21.7 Å². The summed E-state index contributed by atoms with van der Waals surface area (Å²) in [4.78, 5) is 13.6. The highest BCUT2D eigenvalue weighted by molar-refractivity contribution is 7.89. The van der Waals surface area contributed by atoms with Crippen LogP contribution in [0.15, 0.2) is 41.3 Å². The summed E-state index contributed by atoms with van der Waals surface area (Å²) in [6.07, 6.45) is 1.90. The van der Waals surface area contributed by atoms with Crippen molar-refractivity contribution in [1.29, 1.82) is 0 Å². The summed E-state index contributed by atoms with van der Waals surface area (Å²) in [6, 6.07) is 9.12. The van der Waals surface area contributed by atoms with Gasteiger partial charge in [-0.2, -0.15) is 4.31 Å². The number of hydrogen-bond donors (Lipinski definition) is 2. The molecule has 1 amide bonds. The maximum absolute atomic E-state index is 13.4. The predicted molar refractivity (Wildman–Crippen MR) is 144 cm³/mol. The van der Waals surface area contributed by atoms with Crippen LogP contribution < -0.4 is 24.8 Å². The number of nitrogens with zero attached hydrogens (tertiary/aromatic N) is 1. The van der Waals surface area contributed by atoms with Crippen LogP contribution in [0.1, 0.15) is 52.1 Å². The van der Waals surface area contributed by atoms with Crippen LogP contribution in [0.2, 0.25) is 0 Å². The van der Waals surface area contributed by atoms with E-state index in [9.17, 15) is 13.2 Å². The predicted octanol–water partition coefficient (Wildman–Crippen LogP) is 4.20. The number of nitrogens with one attached hydrogen (secondary N) is 2. The number of benzene rings is 2. The average molecular weight is 534 g/mol. The highest BCUT2D eigenvalue weighted by atomic mass is 32.2. The van der Waals surface area contributed by atoms with Crippen LogP contribution in [0.25, 0.3) is 0 Å². The SMILES string of the molecule is COc1cc([C@H](Nc2ccc(S(=O)(=O)N3CCC[C@H](C)C3)cc2)C(=O)NC(C)(C)C)cc(OC)c1OC. The molecule has 2 aromatic carbocycles. The first kappa shape index (κ1) is 28.6. The molecule has 9 nitrogen and oxygen atoms in total. The molecule has 0 spiro atoms. The minimum absolute atomic E-state index is 0.232. The molecule has 204 valence electrons. The maximum atomic E-state index is 13.4. The van der Waals surface area contributed by atoms with Crippen LogP contribution in [0, 0.1) is 5.92 Å². The van der Waals surface area contributed by atoms with E-state index in [1.165, 1.54) is 21.3 Å². The molecule has 0 saturated carbocycles. The minimum Gasteiger partial charge on any atom is -0.493 e. The molecule has 2 aromatic rings. The Bertz CT molecular complexity index is 1170. The summed E-state index contributed by atoms with van der Waals surface area (Å²) in [5.74, 6) is 1.34. The second kappa shape index (κ2) is 11.6. The zero-order chi connectivity index (χ0) is 27.4. The lowest BCUT2D eigenvalue weighted by Gasteiger charge is -2.30. The Balaban J connectivity index is 1.94. The number of hydrogen-bond acceptors (Lipinski definition) is 7. The number of methoxy groups -OCH3 is 3. The van der Waals surface area contributed by atoms with E-state index in [0.29, 0.717) is 47.5 Å². The molecular weight excluding hydrogens is 494 g/mol. The molecule has 2 N–H and O–H groups in total. The van der Waals surface area contributed by atoms with Gasteiger partial charge < -0.3 is 24.8 Å². The summed E-state index contributed by atoms with van der Waals surface area (Å²) in [7, 11) is 0.967. The fourth-order valence-corrected chi connectivity index (χ4v) is 6.01. The average Bonchev–Trinajstić information content (AvgIpc) is 2.85. The highest BCUT2D eigenvalue weighted by Crippen LogP contribution is 2.40. The topological polar surface area (TPSA) is 106 Å². The third-order valence-electron chi connectivity index (χ3n) is 6.20. The number of anilines is 1. The van der Waals surface area contributed by atoms with Crippen LogP contribution in [-0.4, -0.2) is 58.6 Å². The molecule has 1 aliphatic rings. The van der Waals surface area contributed by atoms with Crippen molar-refractivity contribution in [3.8, 4) is 17.2 Å². The van der Waals surface area contributed by atoms with Crippen molar-refractivity contribution >= 4 is 21.6 Å². The van der Waals surface area contributed by atoms with Gasteiger partial charge in [-0.1, -0.05) is 6.92 Å². The van der Waals surface area contributed by atoms with E-state index < -0.39 is 21.6 Å². The van der Waals surface area contributed by atoms with E-state index in [1.807, 2.05) is 20.8 Å². The minimum atomic E-state index is -3.58. The van der Waals surface area contributed by atoms with Gasteiger partial charge in [0.1, 0.15) is 6.04 Å². The summed E-state index contributed by atoms with van der Waals surface area (Å²) < 4.78 is 44.3. The Morgan fingerprint density at radius 3 is 2.11 bits per heavy atom. The Morgan fingerprint density at radius 2 is 1.62 bits per heavy atom. The van der Waals surface area contributed by atoms with Crippen molar-refractivity contribution in [2.45, 2.75) is 57.0 Å². The first-order chi connectivity index (χ1) is 17.4. The molecule has 1 heterocycles. The molecule has 3 rings (SSSR count). The quantitative estimate of drug-likeness (QED) is 0.498. The molecule has 37 heavy (non-hydrogen) atoms. The molecule has 0 radical (unpaired) electrons. The normalized spacial score (nSPS) is 17.5. The molecule has 10 heteroatoms. The van der Waals surface area contributed by atoms with E-state index in [-0.39, 0.29) is 10.8 Å². The molecule has 0 bridgehead atoms. The van der Waals surface area contributed by atoms with Gasteiger partial charge in [-0.3, -0.25) is 4.79 Å². The first-order valence-electron chi connectivity index (χ1n) is 12.4. The molecule has 0 aromatic heterocycles. The summed E-state index contributed by atoms with van der Waals surface area (Å²) in [6.45, 7) is 8.83. The second-order valence-electron chi connectivity index (χ2n) is 10.4. The lowest BCUT2D eigenvalue weighted by atomic mass is 10.0. The number of carbonyl (C=O) groups excluding carboxylic acids is 1. The van der Waals surface area contributed by atoms with Crippen molar-refractivity contribution in [3.05, 3.63) is 42.0 Å². The zero-order valence-corrected chi connectivity index (χ0v) is 23.6. The van der Waals surface area contributed by atoms with Crippen LogP contribution >= 0.6 is 0 Å². The number of sulfonamides is 1. The van der Waals surface area contributed by atoms with Crippen LogP contribution in [0.4, 0.5) is 5.69 Å². The van der Waals surface area contributed by atoms with Crippen LogP contribution in [-0.2, 0) is 14.8 Å². The zero-order valence-electron chi connectivity index (χ0n) is 22.8. The fourth-order valence-electron chi connectivity index (χ4n) is 4.41. The van der Waals surface area contributed by atoms with Crippen molar-refractivity contribution in [1.82, 2.24) is 9.62 Å². The third kappa shape index (κ3) is 6.87. The van der Waals surface area contributed by atoms with E-state index in [4.69, 9.17) is 14.2 Å². The Kier molecular flexibility index (Phi) is 8.96. The molecule has 1 fully saturated rings.